The molecule has 24 heavy (non-hydrogen) atoms. The van der Waals surface area contributed by atoms with E-state index in [-0.39, 0.29) is 17.7 Å². The molecular formula is C17H26N4O3. The molecule has 0 aliphatic carbocycles. The number of nitrogens with one attached hydrogen (secondary N) is 2. The second-order valence-electron chi connectivity index (χ2n) is 5.85. The van der Waals surface area contributed by atoms with Gasteiger partial charge in [-0.2, -0.15) is 0 Å². The zero-order valence-electron chi connectivity index (χ0n) is 14.4. The Kier molecular flexibility index (Phi) is 6.99. The summed E-state index contributed by atoms with van der Waals surface area (Å²) in [5.74, 6) is 0.656. The maximum absolute atomic E-state index is 12.3. The number of nitrogens with zero attached hydrogens (tertiary/aromatic N) is 2. The summed E-state index contributed by atoms with van der Waals surface area (Å²) in [5.41, 5.74) is 0.699. The van der Waals surface area contributed by atoms with Crippen molar-refractivity contribution in [1.82, 2.24) is 10.3 Å². The van der Waals surface area contributed by atoms with Gasteiger partial charge in [0.05, 0.1) is 18.2 Å². The molecule has 1 aliphatic heterocycles. The van der Waals surface area contributed by atoms with Crippen molar-refractivity contribution in [2.24, 2.45) is 5.92 Å². The van der Waals surface area contributed by atoms with Crippen LogP contribution in [0.3, 0.4) is 0 Å². The molecule has 7 nitrogen and oxygen atoms in total. The maximum atomic E-state index is 12.3. The van der Waals surface area contributed by atoms with Gasteiger partial charge in [0, 0.05) is 39.4 Å². The van der Waals surface area contributed by atoms with Gasteiger partial charge in [0.2, 0.25) is 11.8 Å². The lowest BCUT2D eigenvalue weighted by atomic mass is 9.97. The molecule has 2 amide bonds. The number of pyridine rings is 1. The Labute approximate surface area is 142 Å². The zero-order chi connectivity index (χ0) is 17.4. The molecule has 0 aromatic carbocycles. The van der Waals surface area contributed by atoms with Crippen LogP contribution in [0.5, 0.6) is 0 Å². The van der Waals surface area contributed by atoms with Gasteiger partial charge >= 0.3 is 0 Å². The highest BCUT2D eigenvalue weighted by Crippen LogP contribution is 2.28. The lowest BCUT2D eigenvalue weighted by Gasteiger charge is -2.33. The summed E-state index contributed by atoms with van der Waals surface area (Å²) in [6.45, 7) is 4.27. The van der Waals surface area contributed by atoms with E-state index in [1.807, 2.05) is 13.0 Å². The minimum atomic E-state index is -0.0765. The number of rotatable bonds is 7. The normalized spacial score (nSPS) is 17.4. The van der Waals surface area contributed by atoms with E-state index >= 15 is 0 Å². The Bertz CT molecular complexity index is 565. The number of hydrogen-bond acceptors (Lipinski definition) is 5. The molecule has 7 heteroatoms. The highest BCUT2D eigenvalue weighted by Gasteiger charge is 2.27. The third-order valence-corrected chi connectivity index (χ3v) is 4.08. The second-order valence-corrected chi connectivity index (χ2v) is 5.85. The molecule has 1 aliphatic rings. The van der Waals surface area contributed by atoms with Crippen LogP contribution in [0.2, 0.25) is 0 Å². The van der Waals surface area contributed by atoms with Crippen molar-refractivity contribution in [3.05, 3.63) is 18.3 Å². The highest BCUT2D eigenvalue weighted by molar-refractivity contribution is 5.93. The van der Waals surface area contributed by atoms with Gasteiger partial charge in [-0.1, -0.05) is 6.92 Å². The Morgan fingerprint density at radius 3 is 3.04 bits per heavy atom. The van der Waals surface area contributed by atoms with Crippen LogP contribution in [0.25, 0.3) is 0 Å². The van der Waals surface area contributed by atoms with Crippen LogP contribution in [0.1, 0.15) is 26.2 Å². The number of methoxy groups -OCH3 is 1. The van der Waals surface area contributed by atoms with Crippen molar-refractivity contribution < 1.29 is 14.3 Å². The average Bonchev–Trinajstić information content (AvgIpc) is 2.62. The molecule has 1 aromatic rings. The van der Waals surface area contributed by atoms with Gasteiger partial charge in [0.25, 0.3) is 0 Å². The fourth-order valence-electron chi connectivity index (χ4n) is 2.79. The van der Waals surface area contributed by atoms with E-state index in [0.717, 1.165) is 25.2 Å². The van der Waals surface area contributed by atoms with E-state index in [0.29, 0.717) is 31.8 Å². The minimum Gasteiger partial charge on any atom is -0.383 e. The summed E-state index contributed by atoms with van der Waals surface area (Å²) in [6.07, 6.45) is 3.90. The van der Waals surface area contributed by atoms with Crippen LogP contribution in [0.4, 0.5) is 11.5 Å². The van der Waals surface area contributed by atoms with Crippen molar-refractivity contribution in [2.75, 3.05) is 43.6 Å². The van der Waals surface area contributed by atoms with Gasteiger partial charge in [-0.25, -0.2) is 4.98 Å². The van der Waals surface area contributed by atoms with Crippen molar-refractivity contribution in [2.45, 2.75) is 26.2 Å². The van der Waals surface area contributed by atoms with Crippen molar-refractivity contribution in [1.29, 1.82) is 0 Å². The molecule has 0 bridgehead atoms. The highest BCUT2D eigenvalue weighted by atomic mass is 16.5. The largest absolute Gasteiger partial charge is 0.383 e. The summed E-state index contributed by atoms with van der Waals surface area (Å²) in [5, 5.41) is 5.78. The van der Waals surface area contributed by atoms with Gasteiger partial charge in [-0.05, 0) is 25.0 Å². The Morgan fingerprint density at radius 2 is 2.29 bits per heavy atom. The van der Waals surface area contributed by atoms with Crippen molar-refractivity contribution in [3.8, 4) is 0 Å². The van der Waals surface area contributed by atoms with Gasteiger partial charge < -0.3 is 20.3 Å². The summed E-state index contributed by atoms with van der Waals surface area (Å²) < 4.78 is 4.96. The quantitative estimate of drug-likeness (QED) is 0.737. The topological polar surface area (TPSA) is 83.6 Å². The van der Waals surface area contributed by atoms with E-state index < -0.39 is 0 Å². The van der Waals surface area contributed by atoms with Crippen LogP contribution in [-0.2, 0) is 14.3 Å². The van der Waals surface area contributed by atoms with Crippen LogP contribution in [0, 0.1) is 5.92 Å². The van der Waals surface area contributed by atoms with Gasteiger partial charge in [-0.15, -0.1) is 0 Å². The van der Waals surface area contributed by atoms with E-state index in [2.05, 4.69) is 20.5 Å². The molecule has 1 unspecified atom stereocenters. The number of anilines is 2. The zero-order valence-corrected chi connectivity index (χ0v) is 14.4. The summed E-state index contributed by atoms with van der Waals surface area (Å²) >= 11 is 0. The fourth-order valence-corrected chi connectivity index (χ4v) is 2.79. The second kappa shape index (κ2) is 9.22. The van der Waals surface area contributed by atoms with Crippen molar-refractivity contribution in [3.63, 3.8) is 0 Å². The smallest absolute Gasteiger partial charge is 0.224 e. The molecule has 2 N–H and O–H groups in total. The van der Waals surface area contributed by atoms with Crippen LogP contribution >= 0.6 is 0 Å². The standard InChI is InChI=1S/C17H26N4O3/c1-3-15(22)20-14-7-4-8-18-16(14)21-10-5-6-13(12-21)17(23)19-9-11-24-2/h4,7-8,13H,3,5-6,9-12H2,1-2H3,(H,19,23)(H,20,22). The predicted molar refractivity (Wildman–Crippen MR) is 93.0 cm³/mol. The number of carbonyl (C=O) groups excluding carboxylic acids is 2. The molecule has 2 heterocycles. The molecule has 1 aromatic heterocycles. The first-order valence-corrected chi connectivity index (χ1v) is 8.42. The average molecular weight is 334 g/mol. The van der Waals surface area contributed by atoms with Crippen LogP contribution in [-0.4, -0.2) is 50.1 Å². The molecular weight excluding hydrogens is 308 g/mol. The Balaban J connectivity index is 2.04. The first-order valence-electron chi connectivity index (χ1n) is 8.42. The molecule has 0 saturated carbocycles. The number of aromatic nitrogens is 1. The minimum absolute atomic E-state index is 0.0462. The lowest BCUT2D eigenvalue weighted by molar-refractivity contribution is -0.125. The van der Waals surface area contributed by atoms with Crippen LogP contribution < -0.4 is 15.5 Å². The molecule has 1 atom stereocenters. The van der Waals surface area contributed by atoms with E-state index in [9.17, 15) is 9.59 Å². The first-order chi connectivity index (χ1) is 11.7. The van der Waals surface area contributed by atoms with E-state index in [1.54, 1.807) is 19.4 Å². The number of hydrogen-bond donors (Lipinski definition) is 2. The molecule has 1 saturated heterocycles. The fraction of sp³-hybridized carbons (Fsp3) is 0.588. The van der Waals surface area contributed by atoms with E-state index in [1.165, 1.54) is 0 Å². The van der Waals surface area contributed by atoms with Crippen LogP contribution in [0.15, 0.2) is 18.3 Å². The monoisotopic (exact) mass is 334 g/mol. The molecule has 132 valence electrons. The summed E-state index contributed by atoms with van der Waals surface area (Å²) in [7, 11) is 1.61. The number of piperidine rings is 1. The third-order valence-electron chi connectivity index (χ3n) is 4.08. The van der Waals surface area contributed by atoms with E-state index in [4.69, 9.17) is 4.74 Å². The summed E-state index contributed by atoms with van der Waals surface area (Å²) in [4.78, 5) is 30.5. The lowest BCUT2D eigenvalue weighted by Crippen LogP contribution is -2.44. The van der Waals surface area contributed by atoms with Gasteiger partial charge in [0.1, 0.15) is 0 Å². The predicted octanol–water partition coefficient (Wildman–Crippen LogP) is 1.41. The Hall–Kier alpha value is -2.15. The molecule has 2 rings (SSSR count). The molecule has 0 radical (unpaired) electrons. The molecule has 1 fully saturated rings. The van der Waals surface area contributed by atoms with Gasteiger partial charge in [-0.3, -0.25) is 9.59 Å². The SMILES string of the molecule is CCC(=O)Nc1cccnc1N1CCCC(C(=O)NCCOC)C1. The van der Waals surface area contributed by atoms with Gasteiger partial charge in [0.15, 0.2) is 5.82 Å². The number of carbonyl (C=O) groups is 2. The first kappa shape index (κ1) is 18.2. The number of ether oxygens (including phenoxy) is 1. The summed E-state index contributed by atoms with van der Waals surface area (Å²) in [6, 6.07) is 3.64. The Morgan fingerprint density at radius 1 is 1.46 bits per heavy atom. The maximum Gasteiger partial charge on any atom is 0.224 e. The number of amides is 2. The third kappa shape index (κ3) is 4.92. The molecule has 0 spiro atoms. The van der Waals surface area contributed by atoms with Crippen molar-refractivity contribution >= 4 is 23.3 Å².